The van der Waals surface area contributed by atoms with Gasteiger partial charge in [-0.2, -0.15) is 9.82 Å². The molecule has 5 rings (SSSR count). The summed E-state index contributed by atoms with van der Waals surface area (Å²) in [4.78, 5) is 29.3. The van der Waals surface area contributed by atoms with E-state index in [1.807, 2.05) is 47.3 Å². The Morgan fingerprint density at radius 3 is 2.51 bits per heavy atom. The molecule has 1 aromatic heterocycles. The quantitative estimate of drug-likeness (QED) is 0.145. The fourth-order valence-electron chi connectivity index (χ4n) is 4.77. The van der Waals surface area contributed by atoms with Gasteiger partial charge in [0.15, 0.2) is 6.29 Å². The fraction of sp³-hybridized carbons (Fsp3) is 0.267. The molecule has 13 heteroatoms. The molecule has 0 spiro atoms. The van der Waals surface area contributed by atoms with E-state index < -0.39 is 34.5 Å². The van der Waals surface area contributed by atoms with Crippen molar-refractivity contribution in [1.29, 1.82) is 0 Å². The topological polar surface area (TPSA) is 167 Å². The lowest BCUT2D eigenvalue weighted by Crippen LogP contribution is -2.48. The maximum atomic E-state index is 13.1. The van der Waals surface area contributed by atoms with Crippen molar-refractivity contribution in [1.82, 2.24) is 30.5 Å². The maximum Gasteiger partial charge on any atom is 0.323 e. The highest BCUT2D eigenvalue weighted by molar-refractivity contribution is 7.89. The number of benzene rings is 3. The number of hydrogen-bond acceptors (Lipinski definition) is 8. The van der Waals surface area contributed by atoms with E-state index in [4.69, 9.17) is 0 Å². The Bertz CT molecular complexity index is 1710. The molecule has 2 heterocycles. The lowest BCUT2D eigenvalue weighted by Gasteiger charge is -2.19. The molecular weight excluding hydrogens is 570 g/mol. The molecule has 4 aromatic rings. The zero-order chi connectivity index (χ0) is 30.2. The van der Waals surface area contributed by atoms with Gasteiger partial charge in [0.05, 0.1) is 22.2 Å². The maximum absolute atomic E-state index is 13.1. The molecule has 12 nitrogen and oxygen atoms in total. The van der Waals surface area contributed by atoms with Crippen molar-refractivity contribution in [2.75, 3.05) is 19.6 Å². The Morgan fingerprint density at radius 1 is 1.02 bits per heavy atom. The first-order valence-corrected chi connectivity index (χ1v) is 15.4. The predicted octanol–water partition coefficient (Wildman–Crippen LogP) is 2.19. The SMILES string of the molecule is O=C(NCC(NS(=O)(=O)c1ccc(-c2ccccc2)cc1)C(=O)O)c1cccc2c1cnn2CCCNC1N=CCCN1. The number of rotatable bonds is 13. The van der Waals surface area contributed by atoms with Crippen LogP contribution in [0.3, 0.4) is 0 Å². The van der Waals surface area contributed by atoms with E-state index in [1.165, 1.54) is 12.1 Å². The van der Waals surface area contributed by atoms with E-state index in [0.29, 0.717) is 17.5 Å². The number of nitrogens with zero attached hydrogens (tertiary/aromatic N) is 3. The standard InChI is InChI=1S/C30H33N7O5S/c38-28(24-9-4-10-27-25(24)19-35-37(27)18-6-17-33-30-31-15-5-16-32-30)34-20-26(29(39)40)36-43(41,42)23-13-11-22(12-14-23)21-7-2-1-3-8-21/h1-4,7-15,19,26,30,32-33,36H,5-6,16-18,20H2,(H,34,38)(H,39,40). The van der Waals surface area contributed by atoms with Gasteiger partial charge in [0.2, 0.25) is 10.0 Å². The number of aryl methyl sites for hydroxylation is 1. The van der Waals surface area contributed by atoms with Crippen molar-refractivity contribution < 1.29 is 23.1 Å². The van der Waals surface area contributed by atoms with Crippen molar-refractivity contribution >= 4 is 39.0 Å². The number of amides is 1. The third kappa shape index (κ3) is 7.51. The molecule has 0 fully saturated rings. The van der Waals surface area contributed by atoms with Crippen LogP contribution in [-0.4, -0.2) is 73.4 Å². The number of aliphatic carboxylic acids is 1. The highest BCUT2D eigenvalue weighted by Gasteiger charge is 2.26. The Labute approximate surface area is 249 Å². The van der Waals surface area contributed by atoms with Gasteiger partial charge in [-0.1, -0.05) is 48.5 Å². The molecule has 1 aliphatic rings. The Balaban J connectivity index is 1.19. The number of nitrogens with one attached hydrogen (secondary N) is 4. The van der Waals surface area contributed by atoms with Crippen molar-refractivity contribution in [2.24, 2.45) is 4.99 Å². The summed E-state index contributed by atoms with van der Waals surface area (Å²) >= 11 is 0. The van der Waals surface area contributed by atoms with Gasteiger partial charge in [-0.15, -0.1) is 0 Å². The van der Waals surface area contributed by atoms with Crippen LogP contribution in [0.25, 0.3) is 22.0 Å². The van der Waals surface area contributed by atoms with E-state index in [9.17, 15) is 23.1 Å². The molecule has 0 bridgehead atoms. The number of carbonyl (C=O) groups is 2. The molecule has 3 aromatic carbocycles. The zero-order valence-electron chi connectivity index (χ0n) is 23.3. The van der Waals surface area contributed by atoms with Crippen molar-refractivity contribution in [3.05, 3.63) is 84.6 Å². The lowest BCUT2D eigenvalue weighted by molar-refractivity contribution is -0.138. The minimum atomic E-state index is -4.18. The van der Waals surface area contributed by atoms with Gasteiger partial charge in [-0.25, -0.2) is 8.42 Å². The number of fused-ring (bicyclic) bond motifs is 1. The Morgan fingerprint density at radius 2 is 1.79 bits per heavy atom. The van der Waals surface area contributed by atoms with Crippen LogP contribution < -0.4 is 20.7 Å². The fourth-order valence-corrected chi connectivity index (χ4v) is 5.96. The van der Waals surface area contributed by atoms with E-state index in [2.05, 4.69) is 30.8 Å². The molecule has 0 saturated heterocycles. The summed E-state index contributed by atoms with van der Waals surface area (Å²) in [6.45, 7) is 1.77. The minimum Gasteiger partial charge on any atom is -0.480 e. The first-order chi connectivity index (χ1) is 20.8. The number of sulfonamides is 1. The van der Waals surface area contributed by atoms with Gasteiger partial charge in [0.1, 0.15) is 6.04 Å². The predicted molar refractivity (Wildman–Crippen MR) is 163 cm³/mol. The number of aliphatic imine (C=N–C) groups is 1. The number of carboxylic acid groups (broad SMARTS) is 1. The molecule has 0 radical (unpaired) electrons. The van der Waals surface area contributed by atoms with Gasteiger partial charge in [-0.3, -0.25) is 29.9 Å². The smallest absolute Gasteiger partial charge is 0.323 e. The molecule has 2 atom stereocenters. The summed E-state index contributed by atoms with van der Waals surface area (Å²) in [7, 11) is -4.18. The summed E-state index contributed by atoms with van der Waals surface area (Å²) in [5.41, 5.74) is 2.81. The van der Waals surface area contributed by atoms with Crippen LogP contribution in [0.15, 0.2) is 88.9 Å². The number of carboxylic acids is 1. The van der Waals surface area contributed by atoms with Crippen LogP contribution in [0.5, 0.6) is 0 Å². The number of carbonyl (C=O) groups excluding carboxylic acids is 1. The first kappa shape index (κ1) is 30.0. The van der Waals surface area contributed by atoms with Crippen LogP contribution in [0.2, 0.25) is 0 Å². The Kier molecular flexibility index (Phi) is 9.57. The lowest BCUT2D eigenvalue weighted by atomic mass is 10.1. The first-order valence-electron chi connectivity index (χ1n) is 13.9. The number of hydrogen-bond donors (Lipinski definition) is 5. The molecule has 43 heavy (non-hydrogen) atoms. The molecule has 224 valence electrons. The summed E-state index contributed by atoms with van der Waals surface area (Å²) in [6.07, 6.45) is 5.12. The molecule has 0 saturated carbocycles. The summed E-state index contributed by atoms with van der Waals surface area (Å²) in [6, 6.07) is 19.2. The molecule has 2 unspecified atom stereocenters. The van der Waals surface area contributed by atoms with Crippen LogP contribution in [0, 0.1) is 0 Å². The second kappa shape index (κ2) is 13.7. The Hall–Kier alpha value is -4.43. The highest BCUT2D eigenvalue weighted by Crippen LogP contribution is 2.22. The largest absolute Gasteiger partial charge is 0.480 e. The third-order valence-electron chi connectivity index (χ3n) is 7.02. The second-order valence-corrected chi connectivity index (χ2v) is 11.7. The van der Waals surface area contributed by atoms with Crippen LogP contribution in [0.4, 0.5) is 0 Å². The molecule has 0 aliphatic carbocycles. The van der Waals surface area contributed by atoms with E-state index >= 15 is 0 Å². The third-order valence-corrected chi connectivity index (χ3v) is 8.50. The molecule has 1 aliphatic heterocycles. The van der Waals surface area contributed by atoms with Gasteiger partial charge < -0.3 is 10.4 Å². The normalized spacial score (nSPS) is 15.8. The van der Waals surface area contributed by atoms with Crippen molar-refractivity contribution in [3.8, 4) is 11.1 Å². The van der Waals surface area contributed by atoms with E-state index in [0.717, 1.165) is 42.6 Å². The van der Waals surface area contributed by atoms with Gasteiger partial charge >= 0.3 is 5.97 Å². The van der Waals surface area contributed by atoms with Gasteiger partial charge in [0, 0.05) is 37.8 Å². The van der Waals surface area contributed by atoms with Gasteiger partial charge in [-0.05, 0) is 48.2 Å². The van der Waals surface area contributed by atoms with Crippen molar-refractivity contribution in [3.63, 3.8) is 0 Å². The van der Waals surface area contributed by atoms with Crippen LogP contribution in [-0.2, 0) is 21.4 Å². The summed E-state index contributed by atoms with van der Waals surface area (Å²) < 4.78 is 29.9. The summed E-state index contributed by atoms with van der Waals surface area (Å²) in [5.74, 6) is -1.95. The second-order valence-electron chi connectivity index (χ2n) is 10.0. The van der Waals surface area contributed by atoms with Crippen molar-refractivity contribution in [2.45, 2.75) is 36.6 Å². The van der Waals surface area contributed by atoms with Crippen LogP contribution in [0.1, 0.15) is 23.2 Å². The van der Waals surface area contributed by atoms with Gasteiger partial charge in [0.25, 0.3) is 5.91 Å². The molecule has 5 N–H and O–H groups in total. The van der Waals surface area contributed by atoms with E-state index in [-0.39, 0.29) is 11.2 Å². The number of aromatic nitrogens is 2. The average Bonchev–Trinajstić information content (AvgIpc) is 3.45. The zero-order valence-corrected chi connectivity index (χ0v) is 24.1. The minimum absolute atomic E-state index is 0.0835. The van der Waals surface area contributed by atoms with E-state index in [1.54, 1.807) is 30.5 Å². The monoisotopic (exact) mass is 603 g/mol. The average molecular weight is 604 g/mol. The highest BCUT2D eigenvalue weighted by atomic mass is 32.2. The molecular formula is C30H33N7O5S. The summed E-state index contributed by atoms with van der Waals surface area (Å²) in [5, 5.41) is 23.9. The van der Waals surface area contributed by atoms with Crippen LogP contribution >= 0.6 is 0 Å². The molecule has 1 amide bonds.